The molecule has 0 saturated carbocycles. The van der Waals surface area contributed by atoms with Crippen molar-refractivity contribution >= 4 is 16.0 Å². The van der Waals surface area contributed by atoms with Crippen molar-refractivity contribution in [3.63, 3.8) is 0 Å². The summed E-state index contributed by atoms with van der Waals surface area (Å²) in [6, 6.07) is 6.86. The van der Waals surface area contributed by atoms with Crippen LogP contribution in [0.5, 0.6) is 0 Å². The third-order valence-electron chi connectivity index (χ3n) is 5.63. The van der Waals surface area contributed by atoms with Crippen molar-refractivity contribution < 1.29 is 13.2 Å². The van der Waals surface area contributed by atoms with Crippen LogP contribution in [0.3, 0.4) is 0 Å². The fourth-order valence-electron chi connectivity index (χ4n) is 3.02. The van der Waals surface area contributed by atoms with Crippen molar-refractivity contribution in [1.29, 1.82) is 0 Å². The molecule has 8 heteroatoms. The maximum atomic E-state index is 12.2. The summed E-state index contributed by atoms with van der Waals surface area (Å²) in [5.74, 6) is 0.859. The molecule has 2 rings (SSSR count). The van der Waals surface area contributed by atoms with Gasteiger partial charge in [-0.05, 0) is 31.5 Å². The Bertz CT molecular complexity index is 771. The molecule has 1 aliphatic heterocycles. The molecular formula is C19H32N4O3S. The second kappa shape index (κ2) is 8.16. The zero-order valence-electron chi connectivity index (χ0n) is 17.2. The Morgan fingerprint density at radius 1 is 1.22 bits per heavy atom. The summed E-state index contributed by atoms with van der Waals surface area (Å²) >= 11 is 0. The molecular weight excluding hydrogens is 364 g/mol. The number of guanidine groups is 1. The van der Waals surface area contributed by atoms with E-state index in [1.54, 1.807) is 19.2 Å². The smallest absolute Gasteiger partial charge is 0.240 e. The fourth-order valence-corrected chi connectivity index (χ4v) is 4.04. The first-order chi connectivity index (χ1) is 12.5. The SMILES string of the molecule is CN=C(NCc1ccc(S(=O)(=O)NCCOC)cc1)N1CC(C)(C)C1(C)C. The first kappa shape index (κ1) is 21.7. The fraction of sp³-hybridized carbons (Fsp3) is 0.632. The van der Waals surface area contributed by atoms with Gasteiger partial charge in [-0.3, -0.25) is 4.99 Å². The Morgan fingerprint density at radius 3 is 2.33 bits per heavy atom. The molecule has 0 amide bonds. The van der Waals surface area contributed by atoms with Gasteiger partial charge in [-0.1, -0.05) is 26.0 Å². The summed E-state index contributed by atoms with van der Waals surface area (Å²) in [5, 5.41) is 3.38. The van der Waals surface area contributed by atoms with Crippen LogP contribution in [0.2, 0.25) is 0 Å². The summed E-state index contributed by atoms with van der Waals surface area (Å²) in [6.07, 6.45) is 0. The molecule has 0 spiro atoms. The Hall–Kier alpha value is -1.64. The highest BCUT2D eigenvalue weighted by Crippen LogP contribution is 2.46. The lowest BCUT2D eigenvalue weighted by Gasteiger charge is -2.62. The molecule has 0 radical (unpaired) electrons. The molecule has 0 bridgehead atoms. The number of aliphatic imine (C=N–C) groups is 1. The monoisotopic (exact) mass is 396 g/mol. The van der Waals surface area contributed by atoms with Gasteiger partial charge in [-0.25, -0.2) is 13.1 Å². The maximum Gasteiger partial charge on any atom is 0.240 e. The van der Waals surface area contributed by atoms with E-state index in [9.17, 15) is 8.42 Å². The van der Waals surface area contributed by atoms with Crippen LogP contribution < -0.4 is 10.0 Å². The van der Waals surface area contributed by atoms with Crippen molar-refractivity contribution in [1.82, 2.24) is 14.9 Å². The normalized spacial score (nSPS) is 18.9. The van der Waals surface area contributed by atoms with E-state index in [1.165, 1.54) is 7.11 Å². The molecule has 7 nitrogen and oxygen atoms in total. The number of likely N-dealkylation sites (tertiary alicyclic amines) is 1. The molecule has 27 heavy (non-hydrogen) atoms. The molecule has 1 heterocycles. The number of methoxy groups -OCH3 is 1. The molecule has 0 atom stereocenters. The second-order valence-electron chi connectivity index (χ2n) is 7.96. The number of nitrogens with one attached hydrogen (secondary N) is 2. The van der Waals surface area contributed by atoms with Crippen LogP contribution in [0.1, 0.15) is 33.3 Å². The number of rotatable bonds is 7. The minimum Gasteiger partial charge on any atom is -0.383 e. The molecule has 0 aliphatic carbocycles. The lowest BCUT2D eigenvalue weighted by molar-refractivity contribution is -0.0667. The highest BCUT2D eigenvalue weighted by molar-refractivity contribution is 7.89. The number of sulfonamides is 1. The number of hydrogen-bond acceptors (Lipinski definition) is 4. The molecule has 0 aromatic heterocycles. The molecule has 1 aliphatic rings. The molecule has 152 valence electrons. The van der Waals surface area contributed by atoms with Gasteiger partial charge in [-0.2, -0.15) is 0 Å². The van der Waals surface area contributed by atoms with E-state index in [0.717, 1.165) is 18.1 Å². The number of ether oxygens (including phenoxy) is 1. The van der Waals surface area contributed by atoms with E-state index in [4.69, 9.17) is 4.74 Å². The van der Waals surface area contributed by atoms with Crippen molar-refractivity contribution in [2.24, 2.45) is 10.4 Å². The summed E-state index contributed by atoms with van der Waals surface area (Å²) in [6.45, 7) is 11.1. The highest BCUT2D eigenvalue weighted by atomic mass is 32.2. The van der Waals surface area contributed by atoms with Crippen LogP contribution in [-0.4, -0.2) is 58.7 Å². The van der Waals surface area contributed by atoms with Gasteiger partial charge in [0, 0.05) is 44.7 Å². The van der Waals surface area contributed by atoms with E-state index < -0.39 is 10.0 Å². The largest absolute Gasteiger partial charge is 0.383 e. The van der Waals surface area contributed by atoms with Crippen LogP contribution in [0.15, 0.2) is 34.2 Å². The topological polar surface area (TPSA) is 83.0 Å². The molecule has 1 fully saturated rings. The van der Waals surface area contributed by atoms with Gasteiger partial charge in [0.2, 0.25) is 10.0 Å². The first-order valence-corrected chi connectivity index (χ1v) is 10.6. The zero-order valence-corrected chi connectivity index (χ0v) is 18.0. The third-order valence-corrected chi connectivity index (χ3v) is 7.11. The van der Waals surface area contributed by atoms with Gasteiger partial charge in [0.25, 0.3) is 0 Å². The second-order valence-corrected chi connectivity index (χ2v) is 9.73. The van der Waals surface area contributed by atoms with Crippen LogP contribution in [0.4, 0.5) is 0 Å². The predicted molar refractivity (Wildman–Crippen MR) is 108 cm³/mol. The molecule has 1 aromatic rings. The first-order valence-electron chi connectivity index (χ1n) is 9.11. The van der Waals surface area contributed by atoms with Crippen LogP contribution in [0, 0.1) is 5.41 Å². The van der Waals surface area contributed by atoms with E-state index in [0.29, 0.717) is 13.2 Å². The number of nitrogens with zero attached hydrogens (tertiary/aromatic N) is 2. The van der Waals surface area contributed by atoms with Crippen molar-refractivity contribution in [3.8, 4) is 0 Å². The maximum absolute atomic E-state index is 12.2. The van der Waals surface area contributed by atoms with Crippen molar-refractivity contribution in [2.75, 3.05) is 33.9 Å². The van der Waals surface area contributed by atoms with Gasteiger partial charge in [0.05, 0.1) is 11.5 Å². The quantitative estimate of drug-likeness (QED) is 0.417. The average molecular weight is 397 g/mol. The summed E-state index contributed by atoms with van der Waals surface area (Å²) < 4.78 is 31.8. The van der Waals surface area contributed by atoms with E-state index in [-0.39, 0.29) is 22.4 Å². The van der Waals surface area contributed by atoms with Crippen LogP contribution in [0.25, 0.3) is 0 Å². The molecule has 1 saturated heterocycles. The standard InChI is InChI=1S/C19H32N4O3S/c1-18(2)14-23(19(18,3)4)17(20-5)21-13-15-7-9-16(10-8-15)27(24,25)22-11-12-26-6/h7-10,22H,11-14H2,1-6H3,(H,20,21). The van der Waals surface area contributed by atoms with Gasteiger partial charge in [0.1, 0.15) is 0 Å². The summed E-state index contributed by atoms with van der Waals surface area (Å²) in [4.78, 5) is 6.92. The zero-order chi connectivity index (χ0) is 20.3. The van der Waals surface area contributed by atoms with Crippen molar-refractivity contribution in [2.45, 2.75) is 44.7 Å². The highest BCUT2D eigenvalue weighted by Gasteiger charge is 2.53. The Labute approximate surface area is 163 Å². The predicted octanol–water partition coefficient (Wildman–Crippen LogP) is 1.81. The number of hydrogen-bond donors (Lipinski definition) is 2. The molecule has 1 aromatic carbocycles. The van der Waals surface area contributed by atoms with Crippen molar-refractivity contribution in [3.05, 3.63) is 29.8 Å². The average Bonchev–Trinajstić information content (AvgIpc) is 2.61. The van der Waals surface area contributed by atoms with E-state index >= 15 is 0 Å². The Morgan fingerprint density at radius 2 is 1.85 bits per heavy atom. The van der Waals surface area contributed by atoms with Crippen LogP contribution in [-0.2, 0) is 21.3 Å². The lowest BCUT2D eigenvalue weighted by atomic mass is 9.65. The van der Waals surface area contributed by atoms with E-state index in [2.05, 4.69) is 47.6 Å². The minimum atomic E-state index is -3.50. The molecule has 2 N–H and O–H groups in total. The Kier molecular flexibility index (Phi) is 6.55. The van der Waals surface area contributed by atoms with Crippen LogP contribution >= 0.6 is 0 Å². The minimum absolute atomic E-state index is 0.0284. The van der Waals surface area contributed by atoms with Gasteiger partial charge in [0.15, 0.2) is 5.96 Å². The van der Waals surface area contributed by atoms with E-state index in [1.807, 2.05) is 12.1 Å². The lowest BCUT2D eigenvalue weighted by Crippen LogP contribution is -2.72. The van der Waals surface area contributed by atoms with Gasteiger partial charge < -0.3 is 15.0 Å². The third kappa shape index (κ3) is 4.62. The summed E-state index contributed by atoms with van der Waals surface area (Å²) in [5.41, 5.74) is 1.25. The van der Waals surface area contributed by atoms with Gasteiger partial charge in [-0.15, -0.1) is 0 Å². The summed E-state index contributed by atoms with van der Waals surface area (Å²) in [7, 11) is -0.187. The molecule has 0 unspecified atom stereocenters. The van der Waals surface area contributed by atoms with Gasteiger partial charge >= 0.3 is 0 Å². The Balaban J connectivity index is 1.97. The number of benzene rings is 1.